The number of carboxylic acid groups (broad SMARTS) is 1. The van der Waals surface area contributed by atoms with E-state index in [-0.39, 0.29) is 29.5 Å². The molecule has 0 radical (unpaired) electrons. The average Bonchev–Trinajstić information content (AvgIpc) is 3.31. The van der Waals surface area contributed by atoms with Gasteiger partial charge < -0.3 is 25.9 Å². The van der Waals surface area contributed by atoms with Gasteiger partial charge in [-0.3, -0.25) is 4.79 Å². The molecule has 0 atom stereocenters. The number of nitrogens with one attached hydrogen (secondary N) is 1. The number of para-hydroxylation sites is 1. The number of aromatic nitrogens is 5. The van der Waals surface area contributed by atoms with Gasteiger partial charge in [-0.1, -0.05) is 47.3 Å². The lowest BCUT2D eigenvalue weighted by Crippen LogP contribution is -2.43. The second-order valence-corrected chi connectivity index (χ2v) is 8.87. The van der Waals surface area contributed by atoms with E-state index in [9.17, 15) is 14.7 Å². The summed E-state index contributed by atoms with van der Waals surface area (Å²) in [6.07, 6.45) is 3.09. The highest BCUT2D eigenvalue weighted by atomic mass is 16.7. The quantitative estimate of drug-likeness (QED) is 0.329. The number of hydrogen-bond acceptors (Lipinski definition) is 8. The highest BCUT2D eigenvalue weighted by Crippen LogP contribution is 2.28. The molecule has 2 heterocycles. The molecule has 0 aliphatic heterocycles. The Labute approximate surface area is 212 Å². The zero-order valence-corrected chi connectivity index (χ0v) is 19.9. The van der Waals surface area contributed by atoms with Crippen molar-refractivity contribution >= 4 is 28.9 Å². The number of fused-ring (bicyclic) bond motifs is 1. The molecule has 5 rings (SSSR count). The van der Waals surface area contributed by atoms with Crippen LogP contribution in [-0.2, 0) is 6.54 Å². The van der Waals surface area contributed by atoms with Crippen LogP contribution in [0.25, 0.3) is 11.0 Å². The molecule has 37 heavy (non-hydrogen) atoms. The number of benzene rings is 2. The van der Waals surface area contributed by atoms with Crippen LogP contribution in [0.2, 0.25) is 0 Å². The Bertz CT molecular complexity index is 1400. The monoisotopic (exact) mass is 502 g/mol. The number of amides is 2. The van der Waals surface area contributed by atoms with Crippen molar-refractivity contribution in [3.8, 4) is 6.01 Å². The summed E-state index contributed by atoms with van der Waals surface area (Å²) in [6.45, 7) is 0.342. The van der Waals surface area contributed by atoms with Crippen molar-refractivity contribution in [2.24, 2.45) is 5.73 Å². The summed E-state index contributed by atoms with van der Waals surface area (Å²) in [5, 5.41) is 21.1. The molecule has 1 aliphatic carbocycles. The van der Waals surface area contributed by atoms with Crippen molar-refractivity contribution in [2.45, 2.75) is 44.3 Å². The van der Waals surface area contributed by atoms with Crippen LogP contribution < -0.4 is 15.9 Å². The van der Waals surface area contributed by atoms with Crippen LogP contribution in [0, 0.1) is 0 Å². The van der Waals surface area contributed by atoms with Crippen LogP contribution in [-0.4, -0.2) is 59.2 Å². The summed E-state index contributed by atoms with van der Waals surface area (Å²) in [5.74, 6) is -0.418. The number of carbonyl (C=O) groups is 2. The van der Waals surface area contributed by atoms with Gasteiger partial charge in [0.15, 0.2) is 0 Å². The third kappa shape index (κ3) is 5.42. The summed E-state index contributed by atoms with van der Waals surface area (Å²) >= 11 is 0. The molecular formula is C25H26N8O4. The Hall–Kier alpha value is -4.74. The van der Waals surface area contributed by atoms with Gasteiger partial charge in [-0.15, -0.1) is 5.10 Å². The summed E-state index contributed by atoms with van der Waals surface area (Å²) in [6, 6.07) is 16.7. The lowest BCUT2D eigenvalue weighted by molar-refractivity contribution is 0.0996. The average molecular weight is 503 g/mol. The fourth-order valence-corrected chi connectivity index (χ4v) is 4.55. The number of primary amides is 1. The van der Waals surface area contributed by atoms with E-state index in [4.69, 9.17) is 10.6 Å². The Morgan fingerprint density at radius 3 is 2.54 bits per heavy atom. The molecule has 4 aromatic rings. The summed E-state index contributed by atoms with van der Waals surface area (Å²) in [4.78, 5) is 40.8. The van der Waals surface area contributed by atoms with Gasteiger partial charge in [0.1, 0.15) is 22.4 Å². The maximum atomic E-state index is 12.0. The standard InChI is InChI=1S/C25H26N8O4/c26-22(34)19-14-27-24(37-33-21-9-5-4-8-20(21)30-31-33)29-23(19)28-17-10-12-18(13-11-17)32(25(35)36)15-16-6-2-1-3-7-16/h1-9,14,17-18H,10-13,15H2,(H2,26,34)(H,35,36)(H,27,28,29). The molecule has 4 N–H and O–H groups in total. The van der Waals surface area contributed by atoms with E-state index in [0.29, 0.717) is 43.3 Å². The maximum Gasteiger partial charge on any atom is 0.407 e. The number of anilines is 1. The molecule has 2 aromatic heterocycles. The molecule has 190 valence electrons. The third-order valence-electron chi connectivity index (χ3n) is 6.44. The van der Waals surface area contributed by atoms with E-state index in [1.807, 2.05) is 42.5 Å². The van der Waals surface area contributed by atoms with Crippen molar-refractivity contribution in [3.63, 3.8) is 0 Å². The van der Waals surface area contributed by atoms with Gasteiger partial charge in [0, 0.05) is 24.8 Å². The predicted molar refractivity (Wildman–Crippen MR) is 134 cm³/mol. The van der Waals surface area contributed by atoms with E-state index in [1.165, 1.54) is 15.9 Å². The van der Waals surface area contributed by atoms with Gasteiger partial charge in [-0.05, 0) is 48.6 Å². The first-order valence-electron chi connectivity index (χ1n) is 11.9. The zero-order chi connectivity index (χ0) is 25.8. The molecule has 12 heteroatoms. The van der Waals surface area contributed by atoms with Crippen molar-refractivity contribution < 1.29 is 19.5 Å². The molecule has 0 unspecified atom stereocenters. The fourth-order valence-electron chi connectivity index (χ4n) is 4.55. The van der Waals surface area contributed by atoms with Gasteiger partial charge in [0.2, 0.25) is 0 Å². The third-order valence-corrected chi connectivity index (χ3v) is 6.44. The first kappa shape index (κ1) is 24.0. The van der Waals surface area contributed by atoms with Gasteiger partial charge in [0.05, 0.1) is 0 Å². The number of nitrogens with zero attached hydrogens (tertiary/aromatic N) is 6. The number of hydrogen-bond donors (Lipinski definition) is 3. The number of rotatable bonds is 8. The molecule has 1 fully saturated rings. The van der Waals surface area contributed by atoms with E-state index in [1.54, 1.807) is 12.1 Å². The fraction of sp³-hybridized carbons (Fsp3) is 0.280. The highest BCUT2D eigenvalue weighted by Gasteiger charge is 2.29. The molecule has 1 aliphatic rings. The van der Waals surface area contributed by atoms with Gasteiger partial charge >= 0.3 is 12.1 Å². The van der Waals surface area contributed by atoms with Crippen LogP contribution in [0.5, 0.6) is 6.01 Å². The molecule has 1 saturated carbocycles. The van der Waals surface area contributed by atoms with Gasteiger partial charge in [-0.2, -0.15) is 4.98 Å². The van der Waals surface area contributed by atoms with Gasteiger partial charge in [0.25, 0.3) is 5.91 Å². The largest absolute Gasteiger partial charge is 0.465 e. The van der Waals surface area contributed by atoms with E-state index < -0.39 is 12.0 Å². The summed E-state index contributed by atoms with van der Waals surface area (Å²) in [5.41, 5.74) is 7.91. The second-order valence-electron chi connectivity index (χ2n) is 8.87. The minimum atomic E-state index is -0.936. The van der Waals surface area contributed by atoms with Crippen molar-refractivity contribution in [1.82, 2.24) is 30.0 Å². The molecule has 0 bridgehead atoms. The predicted octanol–water partition coefficient (Wildman–Crippen LogP) is 3.07. The SMILES string of the molecule is NC(=O)c1cnc(On2nnc3ccccc32)nc1NC1CCC(N(Cc2ccccc2)C(=O)O)CC1. The van der Waals surface area contributed by atoms with Crippen molar-refractivity contribution in [1.29, 1.82) is 0 Å². The molecular weight excluding hydrogens is 476 g/mol. The Morgan fingerprint density at radius 2 is 1.81 bits per heavy atom. The maximum absolute atomic E-state index is 12.0. The van der Waals surface area contributed by atoms with Crippen LogP contribution in [0.15, 0.2) is 60.8 Å². The van der Waals surface area contributed by atoms with Crippen LogP contribution in [0.4, 0.5) is 10.6 Å². The van der Waals surface area contributed by atoms with Crippen LogP contribution in [0.1, 0.15) is 41.6 Å². The molecule has 0 saturated heterocycles. The zero-order valence-electron chi connectivity index (χ0n) is 19.9. The van der Waals surface area contributed by atoms with E-state index in [0.717, 1.165) is 5.56 Å². The summed E-state index contributed by atoms with van der Waals surface area (Å²) in [7, 11) is 0. The van der Waals surface area contributed by atoms with Crippen LogP contribution in [0.3, 0.4) is 0 Å². The second kappa shape index (κ2) is 10.5. The topological polar surface area (TPSA) is 161 Å². The van der Waals surface area contributed by atoms with Gasteiger partial charge in [-0.25, -0.2) is 9.78 Å². The number of nitrogens with two attached hydrogens (primary N) is 1. The van der Waals surface area contributed by atoms with Crippen molar-refractivity contribution in [3.05, 3.63) is 71.9 Å². The first-order valence-corrected chi connectivity index (χ1v) is 11.9. The lowest BCUT2D eigenvalue weighted by Gasteiger charge is -2.36. The smallest absolute Gasteiger partial charge is 0.407 e. The first-order chi connectivity index (χ1) is 18.0. The molecule has 2 aromatic carbocycles. The lowest BCUT2D eigenvalue weighted by atomic mass is 9.90. The summed E-state index contributed by atoms with van der Waals surface area (Å²) < 4.78 is 0. The minimum Gasteiger partial charge on any atom is -0.465 e. The Kier molecular flexibility index (Phi) is 6.79. The van der Waals surface area contributed by atoms with E-state index in [2.05, 4.69) is 25.6 Å². The highest BCUT2D eigenvalue weighted by molar-refractivity contribution is 5.97. The number of carbonyl (C=O) groups excluding carboxylic acids is 1. The Morgan fingerprint density at radius 1 is 1.08 bits per heavy atom. The molecule has 12 nitrogen and oxygen atoms in total. The Balaban J connectivity index is 1.27. The van der Waals surface area contributed by atoms with Crippen molar-refractivity contribution in [2.75, 3.05) is 5.32 Å². The minimum absolute atomic E-state index is 0.0308. The van der Waals surface area contributed by atoms with E-state index >= 15 is 0 Å². The van der Waals surface area contributed by atoms with Crippen LogP contribution >= 0.6 is 0 Å². The normalized spacial score (nSPS) is 17.3. The molecule has 2 amide bonds. The molecule has 0 spiro atoms.